The number of hydrogen-bond acceptors (Lipinski definition) is 8. The molecular formula is C28H25Cl2N5O3. The number of aliphatic imine (C=N–C) groups is 1. The van der Waals surface area contributed by atoms with E-state index in [1.165, 1.54) is 0 Å². The zero-order valence-electron chi connectivity index (χ0n) is 20.6. The average molecular weight is 550 g/mol. The highest BCUT2D eigenvalue weighted by atomic mass is 35.5. The van der Waals surface area contributed by atoms with E-state index in [0.717, 1.165) is 49.0 Å². The first-order chi connectivity index (χ1) is 18.6. The summed E-state index contributed by atoms with van der Waals surface area (Å²) in [6.45, 7) is 3.24. The maximum Gasteiger partial charge on any atom is 0.250 e. The van der Waals surface area contributed by atoms with Crippen molar-refractivity contribution in [3.05, 3.63) is 88.5 Å². The first-order valence-electron chi connectivity index (χ1n) is 11.9. The lowest BCUT2D eigenvalue weighted by Crippen LogP contribution is -2.36. The Morgan fingerprint density at radius 3 is 2.32 bits per heavy atom. The molecule has 1 aliphatic heterocycles. The highest BCUT2D eigenvalue weighted by Gasteiger charge is 2.13. The lowest BCUT2D eigenvalue weighted by molar-refractivity contribution is 0.122. The van der Waals surface area contributed by atoms with Crippen LogP contribution >= 0.6 is 23.2 Å². The first kappa shape index (κ1) is 25.8. The van der Waals surface area contributed by atoms with Crippen molar-refractivity contribution in [1.29, 1.82) is 0 Å². The van der Waals surface area contributed by atoms with Gasteiger partial charge in [0.15, 0.2) is 0 Å². The van der Waals surface area contributed by atoms with Gasteiger partial charge < -0.3 is 24.4 Å². The Hall–Kier alpha value is -3.85. The van der Waals surface area contributed by atoms with Crippen LogP contribution in [0.4, 0.5) is 23.0 Å². The van der Waals surface area contributed by atoms with Crippen molar-refractivity contribution in [2.45, 2.75) is 0 Å². The summed E-state index contributed by atoms with van der Waals surface area (Å²) in [5.74, 6) is 1.95. The molecule has 3 aromatic carbocycles. The standard InChI is InChI=1S/C28H25Cl2N5O3/c1-36-24-6-8-25(9-7-24)38-27-26(31-17-19-14-20(29)16-21(30)15-19)18-32-28(34-27)33-22-2-4-23(5-3-22)35-10-12-37-13-11-35/h2-9,14-18H,10-13H2,1H3,(H,32,33,34)/b31-17+. The van der Waals surface area contributed by atoms with Crippen LogP contribution in [0.5, 0.6) is 17.4 Å². The summed E-state index contributed by atoms with van der Waals surface area (Å²) in [7, 11) is 1.61. The van der Waals surface area contributed by atoms with E-state index >= 15 is 0 Å². The van der Waals surface area contributed by atoms with Crippen LogP contribution in [-0.4, -0.2) is 49.6 Å². The topological polar surface area (TPSA) is 81.1 Å². The predicted molar refractivity (Wildman–Crippen MR) is 152 cm³/mol. The molecule has 0 saturated carbocycles. The van der Waals surface area contributed by atoms with Crippen LogP contribution in [0.15, 0.2) is 77.9 Å². The van der Waals surface area contributed by atoms with Crippen molar-refractivity contribution in [3.8, 4) is 17.4 Å². The Balaban J connectivity index is 1.39. The van der Waals surface area contributed by atoms with Gasteiger partial charge in [0.05, 0.1) is 26.5 Å². The van der Waals surface area contributed by atoms with Gasteiger partial charge in [-0.3, -0.25) is 0 Å². The Kier molecular flexibility index (Phi) is 8.23. The van der Waals surface area contributed by atoms with Gasteiger partial charge in [0.2, 0.25) is 11.8 Å². The Morgan fingerprint density at radius 1 is 0.947 bits per heavy atom. The van der Waals surface area contributed by atoms with E-state index in [-0.39, 0.29) is 5.88 Å². The van der Waals surface area contributed by atoms with E-state index in [1.807, 2.05) is 24.3 Å². The first-order valence-corrected chi connectivity index (χ1v) is 12.7. The average Bonchev–Trinajstić information content (AvgIpc) is 2.93. The summed E-state index contributed by atoms with van der Waals surface area (Å²) in [6, 6.07) is 20.5. The lowest BCUT2D eigenvalue weighted by atomic mass is 10.2. The van der Waals surface area contributed by atoms with Gasteiger partial charge >= 0.3 is 0 Å². The normalized spacial score (nSPS) is 13.5. The zero-order valence-corrected chi connectivity index (χ0v) is 22.1. The maximum atomic E-state index is 6.12. The quantitative estimate of drug-likeness (QED) is 0.239. The fourth-order valence-corrected chi connectivity index (χ4v) is 4.38. The number of hydrogen-bond donors (Lipinski definition) is 1. The minimum atomic E-state index is 0.280. The van der Waals surface area contributed by atoms with Crippen LogP contribution in [-0.2, 0) is 4.74 Å². The van der Waals surface area contributed by atoms with Gasteiger partial charge in [-0.05, 0) is 72.3 Å². The Bertz CT molecular complexity index is 1390. The largest absolute Gasteiger partial charge is 0.497 e. The van der Waals surface area contributed by atoms with Crippen molar-refractivity contribution in [3.63, 3.8) is 0 Å². The van der Waals surface area contributed by atoms with Crippen molar-refractivity contribution in [2.75, 3.05) is 43.6 Å². The minimum absolute atomic E-state index is 0.280. The molecule has 1 fully saturated rings. The van der Waals surface area contributed by atoms with Gasteiger partial charge in [0, 0.05) is 40.7 Å². The molecule has 0 aliphatic carbocycles. The molecule has 0 atom stereocenters. The number of rotatable bonds is 8. The maximum absolute atomic E-state index is 6.12. The van der Waals surface area contributed by atoms with Crippen LogP contribution < -0.4 is 19.7 Å². The van der Waals surface area contributed by atoms with Crippen molar-refractivity contribution >= 4 is 52.4 Å². The van der Waals surface area contributed by atoms with Gasteiger partial charge in [0.1, 0.15) is 17.2 Å². The van der Waals surface area contributed by atoms with Gasteiger partial charge in [0.25, 0.3) is 0 Å². The fraction of sp³-hybridized carbons (Fsp3) is 0.179. The van der Waals surface area contributed by atoms with Crippen molar-refractivity contribution in [1.82, 2.24) is 9.97 Å². The van der Waals surface area contributed by atoms with E-state index < -0.39 is 0 Å². The van der Waals surface area contributed by atoms with Gasteiger partial charge in [-0.25, -0.2) is 9.98 Å². The molecule has 0 unspecified atom stereocenters. The van der Waals surface area contributed by atoms with Crippen LogP contribution in [0.2, 0.25) is 10.0 Å². The molecule has 0 radical (unpaired) electrons. The fourth-order valence-electron chi connectivity index (χ4n) is 3.84. The number of aromatic nitrogens is 2. The molecule has 0 bridgehead atoms. The van der Waals surface area contributed by atoms with Gasteiger partial charge in [-0.1, -0.05) is 23.2 Å². The summed E-state index contributed by atoms with van der Waals surface area (Å²) in [4.78, 5) is 15.9. The number of nitrogens with zero attached hydrogens (tertiary/aromatic N) is 4. The molecular weight excluding hydrogens is 525 g/mol. The van der Waals surface area contributed by atoms with Crippen molar-refractivity contribution < 1.29 is 14.2 Å². The Morgan fingerprint density at radius 2 is 1.63 bits per heavy atom. The number of halogens is 2. The second-order valence-electron chi connectivity index (χ2n) is 8.39. The van der Waals surface area contributed by atoms with E-state index in [9.17, 15) is 0 Å². The van der Waals surface area contributed by atoms with Crippen LogP contribution in [0.25, 0.3) is 0 Å². The second-order valence-corrected chi connectivity index (χ2v) is 9.27. The number of anilines is 3. The molecule has 1 aliphatic rings. The third-order valence-corrected chi connectivity index (χ3v) is 6.18. The molecule has 1 N–H and O–H groups in total. The molecule has 5 rings (SSSR count). The molecule has 4 aromatic rings. The molecule has 1 saturated heterocycles. The summed E-state index contributed by atoms with van der Waals surface area (Å²) < 4.78 is 16.8. The SMILES string of the molecule is COc1ccc(Oc2nc(Nc3ccc(N4CCOCC4)cc3)ncc2/N=C/c2cc(Cl)cc(Cl)c2)cc1. The minimum Gasteiger partial charge on any atom is -0.497 e. The summed E-state index contributed by atoms with van der Waals surface area (Å²) in [6.07, 6.45) is 3.23. The van der Waals surface area contributed by atoms with E-state index in [0.29, 0.717) is 27.4 Å². The Labute approximate surface area is 230 Å². The molecule has 1 aromatic heterocycles. The van der Waals surface area contributed by atoms with E-state index in [2.05, 4.69) is 37.3 Å². The van der Waals surface area contributed by atoms with Crippen LogP contribution in [0, 0.1) is 0 Å². The van der Waals surface area contributed by atoms with Gasteiger partial charge in [-0.15, -0.1) is 0 Å². The molecule has 0 amide bonds. The highest BCUT2D eigenvalue weighted by Crippen LogP contribution is 2.32. The molecule has 10 heteroatoms. The van der Waals surface area contributed by atoms with E-state index in [4.69, 9.17) is 37.4 Å². The molecule has 8 nitrogen and oxygen atoms in total. The van der Waals surface area contributed by atoms with Crippen LogP contribution in [0.1, 0.15) is 5.56 Å². The highest BCUT2D eigenvalue weighted by molar-refractivity contribution is 6.35. The second kappa shape index (κ2) is 12.1. The number of benzene rings is 3. The third-order valence-electron chi connectivity index (χ3n) is 5.75. The molecule has 194 valence electrons. The van der Waals surface area contributed by atoms with Gasteiger partial charge in [-0.2, -0.15) is 4.98 Å². The zero-order chi connectivity index (χ0) is 26.3. The monoisotopic (exact) mass is 549 g/mol. The smallest absolute Gasteiger partial charge is 0.250 e. The third kappa shape index (κ3) is 6.72. The number of morpholine rings is 1. The predicted octanol–water partition coefficient (Wildman–Crippen LogP) is 6.92. The van der Waals surface area contributed by atoms with E-state index in [1.54, 1.807) is 49.9 Å². The van der Waals surface area contributed by atoms with Crippen molar-refractivity contribution in [2.24, 2.45) is 4.99 Å². The summed E-state index contributed by atoms with van der Waals surface area (Å²) in [5.41, 5.74) is 3.17. The number of nitrogens with one attached hydrogen (secondary N) is 1. The molecule has 38 heavy (non-hydrogen) atoms. The summed E-state index contributed by atoms with van der Waals surface area (Å²) in [5, 5.41) is 4.28. The van der Waals surface area contributed by atoms with Crippen LogP contribution in [0.3, 0.4) is 0 Å². The number of ether oxygens (including phenoxy) is 3. The molecule has 2 heterocycles. The number of methoxy groups -OCH3 is 1. The molecule has 0 spiro atoms. The lowest BCUT2D eigenvalue weighted by Gasteiger charge is -2.28. The summed E-state index contributed by atoms with van der Waals surface area (Å²) >= 11 is 12.2.